The molecule has 5 saturated carbocycles. The fraction of sp³-hybridized carbons (Fsp3) is 0.848. The van der Waals surface area contributed by atoms with Gasteiger partial charge in [0.15, 0.2) is 0 Å². The van der Waals surface area contributed by atoms with Crippen molar-refractivity contribution in [1.82, 2.24) is 5.32 Å². The maximum atomic E-state index is 3.93. The van der Waals surface area contributed by atoms with Crippen LogP contribution in [0.1, 0.15) is 112 Å². The van der Waals surface area contributed by atoms with Crippen LogP contribution in [-0.4, -0.2) is 12.6 Å². The molecule has 5 fully saturated rings. The third-order valence-electron chi connectivity index (χ3n) is 12.2. The summed E-state index contributed by atoms with van der Waals surface area (Å²) in [6.45, 7) is 14.0. The first-order valence-corrected chi connectivity index (χ1v) is 15.2. The molecule has 5 radical (unpaired) electrons. The van der Waals surface area contributed by atoms with Crippen LogP contribution in [0.2, 0.25) is 0 Å². The minimum atomic E-state index is 0.615. The summed E-state index contributed by atoms with van der Waals surface area (Å²) in [6.07, 6.45) is 26.7. The smallest absolute Gasteiger partial charge is 0.00703 e. The molecule has 0 aliphatic heterocycles. The summed E-state index contributed by atoms with van der Waals surface area (Å²) in [7, 11) is 0. The van der Waals surface area contributed by atoms with Gasteiger partial charge in [0.1, 0.15) is 0 Å². The van der Waals surface area contributed by atoms with Gasteiger partial charge in [0.2, 0.25) is 0 Å². The molecule has 34 heavy (non-hydrogen) atoms. The summed E-state index contributed by atoms with van der Waals surface area (Å²) in [5.41, 5.74) is 1.25. The minimum absolute atomic E-state index is 0.615. The van der Waals surface area contributed by atoms with E-state index in [0.717, 1.165) is 54.0 Å². The van der Waals surface area contributed by atoms with Gasteiger partial charge < -0.3 is 5.32 Å². The first-order chi connectivity index (χ1) is 16.3. The second-order valence-electron chi connectivity index (χ2n) is 14.3. The second-order valence-corrected chi connectivity index (χ2v) is 14.3. The first-order valence-electron chi connectivity index (χ1n) is 15.2. The van der Waals surface area contributed by atoms with Crippen LogP contribution in [0.5, 0.6) is 0 Å². The molecular weight excluding hydrogens is 410 g/mol. The lowest BCUT2D eigenvalue weighted by molar-refractivity contribution is -0.117. The molecule has 1 heteroatoms. The van der Waals surface area contributed by atoms with E-state index >= 15 is 0 Å². The van der Waals surface area contributed by atoms with E-state index < -0.39 is 0 Å². The van der Waals surface area contributed by atoms with E-state index in [9.17, 15) is 0 Å². The summed E-state index contributed by atoms with van der Waals surface area (Å²) in [6, 6.07) is 0.737. The van der Waals surface area contributed by atoms with Crippen molar-refractivity contribution in [3.63, 3.8) is 0 Å². The van der Waals surface area contributed by atoms with E-state index in [-0.39, 0.29) is 0 Å². The molecule has 0 bridgehead atoms. The summed E-state index contributed by atoms with van der Waals surface area (Å²) >= 11 is 0. The molecule has 0 aromatic rings. The molecule has 191 valence electrons. The summed E-state index contributed by atoms with van der Waals surface area (Å²) in [5, 5.41) is 3.93. The van der Waals surface area contributed by atoms with Gasteiger partial charge in [-0.1, -0.05) is 53.9 Å². The van der Waals surface area contributed by atoms with Crippen LogP contribution in [0.15, 0.2) is 0 Å². The highest BCUT2D eigenvalue weighted by Crippen LogP contribution is 2.68. The number of rotatable bonds is 8. The summed E-state index contributed by atoms with van der Waals surface area (Å²) in [5.74, 6) is 8.26. The Balaban J connectivity index is 1.20. The molecule has 0 amide bonds. The Morgan fingerprint density at radius 1 is 0.853 bits per heavy atom. The fourth-order valence-electron chi connectivity index (χ4n) is 10.3. The van der Waals surface area contributed by atoms with Crippen molar-refractivity contribution >= 4 is 0 Å². The zero-order valence-electron chi connectivity index (χ0n) is 23.1. The number of fused-ring (bicyclic) bond motifs is 5. The zero-order valence-corrected chi connectivity index (χ0v) is 23.1. The maximum absolute atomic E-state index is 3.93. The van der Waals surface area contributed by atoms with Crippen molar-refractivity contribution < 1.29 is 0 Å². The molecule has 1 N–H and O–H groups in total. The highest BCUT2D eigenvalue weighted by molar-refractivity contribution is 5.36. The Kier molecular flexibility index (Phi) is 7.81. The molecule has 0 spiro atoms. The van der Waals surface area contributed by atoms with Gasteiger partial charge in [-0.2, -0.15) is 0 Å². The van der Waals surface area contributed by atoms with Crippen molar-refractivity contribution in [1.29, 1.82) is 0 Å². The third kappa shape index (κ3) is 4.79. The highest BCUT2D eigenvalue weighted by atomic mass is 14.9. The van der Waals surface area contributed by atoms with E-state index in [1.54, 1.807) is 6.42 Å². The van der Waals surface area contributed by atoms with E-state index in [1.807, 2.05) is 0 Å². The van der Waals surface area contributed by atoms with Gasteiger partial charge in [-0.15, -0.1) is 0 Å². The van der Waals surface area contributed by atoms with Crippen LogP contribution < -0.4 is 5.32 Å². The van der Waals surface area contributed by atoms with E-state index in [0.29, 0.717) is 10.8 Å². The summed E-state index contributed by atoms with van der Waals surface area (Å²) in [4.78, 5) is 0. The standard InChI is InChI=1S/C33H54N/c1-23(2)9-8-10-24(3)29-15-16-30-28-14-13-26-21-27(34-22-25-11-6-7-12-25)17-19-32(26,4)31(28)18-20-33(29,30)5/h6-7,11-12,23-24,26-31,34H,8-10,13-22H2,1-5H3/t24-,26?,27-,28+,29-,30+,31+,32+,33-/m1/s1. The lowest BCUT2D eigenvalue weighted by atomic mass is 9.44. The van der Waals surface area contributed by atoms with Gasteiger partial charge >= 0.3 is 0 Å². The van der Waals surface area contributed by atoms with Crippen molar-refractivity contribution in [2.75, 3.05) is 6.54 Å². The normalized spacial score (nSPS) is 45.7. The van der Waals surface area contributed by atoms with Crippen LogP contribution >= 0.6 is 0 Å². The van der Waals surface area contributed by atoms with Crippen LogP contribution in [0.3, 0.4) is 0 Å². The van der Waals surface area contributed by atoms with Crippen LogP contribution in [-0.2, 0) is 0 Å². The van der Waals surface area contributed by atoms with Crippen LogP contribution in [0, 0.1) is 83.9 Å². The van der Waals surface area contributed by atoms with Gasteiger partial charge in [-0.3, -0.25) is 0 Å². The summed E-state index contributed by atoms with van der Waals surface area (Å²) < 4.78 is 0. The van der Waals surface area contributed by atoms with Crippen LogP contribution in [0.25, 0.3) is 0 Å². The minimum Gasteiger partial charge on any atom is -0.313 e. The lowest BCUT2D eigenvalue weighted by Gasteiger charge is -2.61. The molecule has 5 rings (SSSR count). The fourth-order valence-corrected chi connectivity index (χ4v) is 10.3. The molecular formula is C33H54N. The van der Waals surface area contributed by atoms with Gasteiger partial charge in [0.05, 0.1) is 0 Å². The average Bonchev–Trinajstić information content (AvgIpc) is 3.44. The first kappa shape index (κ1) is 25.6. The number of hydrogen-bond donors (Lipinski definition) is 1. The average molecular weight is 465 g/mol. The van der Waals surface area contributed by atoms with Crippen molar-refractivity contribution in [3.05, 3.63) is 31.6 Å². The Morgan fingerprint density at radius 2 is 1.59 bits per heavy atom. The predicted octanol–water partition coefficient (Wildman–Crippen LogP) is 8.47. The largest absolute Gasteiger partial charge is 0.313 e. The molecule has 1 nitrogen and oxygen atoms in total. The van der Waals surface area contributed by atoms with Gasteiger partial charge in [0, 0.05) is 12.6 Å². The second kappa shape index (κ2) is 10.4. The predicted molar refractivity (Wildman–Crippen MR) is 145 cm³/mol. The molecule has 9 atom stereocenters. The Labute approximate surface area is 213 Å². The Morgan fingerprint density at radius 3 is 2.35 bits per heavy atom. The third-order valence-corrected chi connectivity index (χ3v) is 12.2. The SMILES string of the molecule is CC(C)CCC[C@@H](C)[C@H]1CC[C@H]2[C@@H]3CCC4C[C@H](NC[C]5[CH][CH][CH][CH]5)CC[C@]4(C)[C@H]3CC[C@]12C. The molecule has 0 heterocycles. The van der Waals surface area contributed by atoms with Crippen molar-refractivity contribution in [2.45, 2.75) is 118 Å². The molecule has 5 aliphatic carbocycles. The lowest BCUT2D eigenvalue weighted by Crippen LogP contribution is -2.55. The van der Waals surface area contributed by atoms with E-state index in [2.05, 4.69) is 65.6 Å². The molecule has 1 unspecified atom stereocenters. The molecule has 5 aliphatic rings. The topological polar surface area (TPSA) is 12.0 Å². The van der Waals surface area contributed by atoms with E-state index in [4.69, 9.17) is 0 Å². The molecule has 0 aromatic heterocycles. The zero-order chi connectivity index (χ0) is 23.9. The Hall–Kier alpha value is -0.0400. The highest BCUT2D eigenvalue weighted by Gasteiger charge is 2.60. The quantitative estimate of drug-likeness (QED) is 0.380. The number of nitrogens with one attached hydrogen (secondary N) is 1. The molecule has 0 aromatic carbocycles. The number of hydrogen-bond acceptors (Lipinski definition) is 1. The van der Waals surface area contributed by atoms with Crippen LogP contribution in [0.4, 0.5) is 0 Å². The van der Waals surface area contributed by atoms with E-state index in [1.165, 1.54) is 76.5 Å². The van der Waals surface area contributed by atoms with Gasteiger partial charge in [-0.05, 0) is 142 Å². The van der Waals surface area contributed by atoms with Gasteiger partial charge in [-0.25, -0.2) is 0 Å². The van der Waals surface area contributed by atoms with Crippen molar-refractivity contribution in [3.8, 4) is 0 Å². The maximum Gasteiger partial charge on any atom is 0.00703 e. The van der Waals surface area contributed by atoms with Gasteiger partial charge in [0.25, 0.3) is 0 Å². The molecule has 0 saturated heterocycles. The monoisotopic (exact) mass is 464 g/mol. The Bertz CT molecular complexity index is 663. The van der Waals surface area contributed by atoms with Crippen molar-refractivity contribution in [2.24, 2.45) is 52.3 Å².